The van der Waals surface area contributed by atoms with E-state index in [-0.39, 0.29) is 0 Å². The van der Waals surface area contributed by atoms with Crippen LogP contribution in [0.25, 0.3) is 0 Å². The van der Waals surface area contributed by atoms with Crippen LogP contribution >= 0.6 is 24.1 Å². The van der Waals surface area contributed by atoms with Gasteiger partial charge in [0.1, 0.15) is 0 Å². The summed E-state index contributed by atoms with van der Waals surface area (Å²) in [6.45, 7) is 8.74. The van der Waals surface area contributed by atoms with Gasteiger partial charge in [0.05, 0.1) is 0 Å². The molecule has 136 valence electrons. The molecule has 2 rings (SSSR count). The maximum atomic E-state index is 6.09. The molecule has 0 saturated carbocycles. The summed E-state index contributed by atoms with van der Waals surface area (Å²) in [4.78, 5) is 2.13. The molecule has 0 heterocycles. The van der Waals surface area contributed by atoms with Crippen molar-refractivity contribution in [3.63, 3.8) is 0 Å². The van der Waals surface area contributed by atoms with Gasteiger partial charge < -0.3 is 11.5 Å². The second-order valence-corrected chi connectivity index (χ2v) is 8.26. The molecule has 25 heavy (non-hydrogen) atoms. The molecule has 0 fully saturated rings. The molecule has 4 N–H and O–H groups in total. The van der Waals surface area contributed by atoms with Crippen LogP contribution in [0.4, 0.5) is 11.4 Å². The summed E-state index contributed by atoms with van der Waals surface area (Å²) in [5.74, 6) is 0.895. The van der Waals surface area contributed by atoms with Crippen LogP contribution in [0, 0.1) is 0 Å². The molecule has 0 aliphatic carbocycles. The van der Waals surface area contributed by atoms with Crippen molar-refractivity contribution in [1.29, 1.82) is 0 Å². The average molecular weight is 377 g/mol. The van der Waals surface area contributed by atoms with Crippen molar-refractivity contribution >= 4 is 35.5 Å². The number of nitrogen functional groups attached to an aromatic ring is 2. The minimum absolute atomic E-state index is 0.448. The van der Waals surface area contributed by atoms with Gasteiger partial charge in [0.2, 0.25) is 0 Å². The lowest BCUT2D eigenvalue weighted by molar-refractivity contribution is 0.728. The number of anilines is 2. The molecule has 5 heteroatoms. The Hall–Kier alpha value is -1.30. The Labute approximate surface area is 160 Å². The summed E-state index contributed by atoms with van der Waals surface area (Å²) < 4.78 is 5.77. The van der Waals surface area contributed by atoms with E-state index in [1.54, 1.807) is 0 Å². The van der Waals surface area contributed by atoms with Crippen LogP contribution in [-0.4, -0.2) is 0 Å². The summed E-state index contributed by atoms with van der Waals surface area (Å²) in [6.07, 6.45) is 2.13. The van der Waals surface area contributed by atoms with Crippen LogP contribution in [0.5, 0.6) is 0 Å². The van der Waals surface area contributed by atoms with E-state index in [0.29, 0.717) is 11.8 Å². The topological polar surface area (TPSA) is 61.3 Å². The molecule has 2 aromatic carbocycles. The molecule has 2 aromatic rings. The van der Waals surface area contributed by atoms with E-state index in [2.05, 4.69) is 39.8 Å². The standard InChI is InChI=1S/C20H28N2OS2/c1-5-13(3)17-11-15(7-9-19(17)21)24-23-25-16-8-10-20(22)18(12-16)14(4)6-2/h7-14H,5-6,21-22H2,1-4H3. The monoisotopic (exact) mass is 376 g/mol. The van der Waals surface area contributed by atoms with Crippen LogP contribution in [-0.2, 0) is 3.63 Å². The third-order valence-corrected chi connectivity index (χ3v) is 6.10. The number of nitrogens with two attached hydrogens (primary N) is 2. The largest absolute Gasteiger partial charge is 0.398 e. The van der Waals surface area contributed by atoms with E-state index in [4.69, 9.17) is 15.1 Å². The van der Waals surface area contributed by atoms with E-state index in [1.807, 2.05) is 24.3 Å². The van der Waals surface area contributed by atoms with Gasteiger partial charge in [-0.3, -0.25) is 0 Å². The first-order valence-electron chi connectivity index (χ1n) is 8.76. The number of benzene rings is 2. The molecule has 2 atom stereocenters. The second-order valence-electron chi connectivity index (χ2n) is 6.43. The first-order chi connectivity index (χ1) is 12.0. The van der Waals surface area contributed by atoms with Gasteiger partial charge in [-0.05, 0) is 72.2 Å². The fourth-order valence-electron chi connectivity index (χ4n) is 2.60. The van der Waals surface area contributed by atoms with E-state index < -0.39 is 0 Å². The van der Waals surface area contributed by atoms with Crippen molar-refractivity contribution in [2.75, 3.05) is 11.5 Å². The van der Waals surface area contributed by atoms with Crippen molar-refractivity contribution in [2.24, 2.45) is 0 Å². The minimum Gasteiger partial charge on any atom is -0.398 e. The van der Waals surface area contributed by atoms with E-state index >= 15 is 0 Å². The van der Waals surface area contributed by atoms with Crippen molar-refractivity contribution in [2.45, 2.75) is 62.2 Å². The van der Waals surface area contributed by atoms with Gasteiger partial charge in [0.25, 0.3) is 0 Å². The molecule has 0 radical (unpaired) electrons. The lowest BCUT2D eigenvalue weighted by Gasteiger charge is -2.14. The average Bonchev–Trinajstić information content (AvgIpc) is 2.63. The highest BCUT2D eigenvalue weighted by Gasteiger charge is 2.11. The zero-order chi connectivity index (χ0) is 18.4. The van der Waals surface area contributed by atoms with Gasteiger partial charge in [-0.1, -0.05) is 27.7 Å². The molecule has 0 aliphatic heterocycles. The normalized spacial score (nSPS) is 13.6. The van der Waals surface area contributed by atoms with Crippen molar-refractivity contribution < 1.29 is 3.63 Å². The highest BCUT2D eigenvalue weighted by Crippen LogP contribution is 2.35. The van der Waals surface area contributed by atoms with Crippen molar-refractivity contribution in [1.82, 2.24) is 0 Å². The van der Waals surface area contributed by atoms with Crippen LogP contribution in [0.15, 0.2) is 46.2 Å². The lowest BCUT2D eigenvalue weighted by atomic mass is 9.97. The van der Waals surface area contributed by atoms with Crippen molar-refractivity contribution in [3.8, 4) is 0 Å². The quantitative estimate of drug-likeness (QED) is 0.401. The van der Waals surface area contributed by atoms with E-state index in [9.17, 15) is 0 Å². The summed E-state index contributed by atoms with van der Waals surface area (Å²) in [5.41, 5.74) is 16.3. The smallest absolute Gasteiger partial charge is 0.0447 e. The van der Waals surface area contributed by atoms with Crippen molar-refractivity contribution in [3.05, 3.63) is 47.5 Å². The summed E-state index contributed by atoms with van der Waals surface area (Å²) in [6, 6.07) is 12.2. The second kappa shape index (κ2) is 9.41. The predicted molar refractivity (Wildman–Crippen MR) is 112 cm³/mol. The first-order valence-corrected chi connectivity index (χ1v) is 10.2. The molecule has 0 saturated heterocycles. The molecule has 0 aromatic heterocycles. The molecule has 0 spiro atoms. The van der Waals surface area contributed by atoms with Gasteiger partial charge in [-0.25, -0.2) is 3.63 Å². The molecule has 0 amide bonds. The number of rotatable bonds is 8. The van der Waals surface area contributed by atoms with Gasteiger partial charge in [-0.2, -0.15) is 0 Å². The van der Waals surface area contributed by atoms with Crippen LogP contribution in [0.1, 0.15) is 63.5 Å². The zero-order valence-electron chi connectivity index (χ0n) is 15.4. The van der Waals surface area contributed by atoms with Crippen LogP contribution in [0.2, 0.25) is 0 Å². The Morgan fingerprint density at radius 3 is 1.56 bits per heavy atom. The minimum atomic E-state index is 0.448. The van der Waals surface area contributed by atoms with Gasteiger partial charge in [0, 0.05) is 45.3 Å². The van der Waals surface area contributed by atoms with Gasteiger partial charge in [-0.15, -0.1) is 0 Å². The third kappa shape index (κ3) is 5.33. The SMILES string of the molecule is CCC(C)c1cc(SOSc2ccc(N)c(C(C)CC)c2)ccc1N. The summed E-state index contributed by atoms with van der Waals surface area (Å²) in [7, 11) is 0. The highest BCUT2D eigenvalue weighted by molar-refractivity contribution is 8.07. The third-order valence-electron chi connectivity index (χ3n) is 4.66. The van der Waals surface area contributed by atoms with E-state index in [1.165, 1.54) is 35.2 Å². The summed E-state index contributed by atoms with van der Waals surface area (Å²) in [5, 5.41) is 0. The first kappa shape index (κ1) is 20.0. The Kier molecular flexibility index (Phi) is 7.54. The van der Waals surface area contributed by atoms with E-state index in [0.717, 1.165) is 34.0 Å². The molecule has 3 nitrogen and oxygen atoms in total. The Balaban J connectivity index is 2.01. The zero-order valence-corrected chi connectivity index (χ0v) is 17.0. The maximum Gasteiger partial charge on any atom is 0.0447 e. The maximum absolute atomic E-state index is 6.09. The molecule has 2 unspecified atom stereocenters. The molecular formula is C20H28N2OS2. The Bertz CT molecular complexity index is 647. The fraction of sp³-hybridized carbons (Fsp3) is 0.400. The molecular weight excluding hydrogens is 348 g/mol. The molecule has 0 bridgehead atoms. The number of hydrogen-bond donors (Lipinski definition) is 2. The van der Waals surface area contributed by atoms with Crippen LogP contribution in [0.3, 0.4) is 0 Å². The van der Waals surface area contributed by atoms with Gasteiger partial charge >= 0.3 is 0 Å². The Morgan fingerprint density at radius 1 is 0.800 bits per heavy atom. The van der Waals surface area contributed by atoms with Gasteiger partial charge in [0.15, 0.2) is 0 Å². The number of hydrogen-bond acceptors (Lipinski definition) is 5. The fourth-order valence-corrected chi connectivity index (χ4v) is 3.96. The van der Waals surface area contributed by atoms with Crippen LogP contribution < -0.4 is 11.5 Å². The predicted octanol–water partition coefficient (Wildman–Crippen LogP) is 6.61. The summed E-state index contributed by atoms with van der Waals surface area (Å²) >= 11 is 2.73. The lowest BCUT2D eigenvalue weighted by Crippen LogP contribution is -1.99. The Morgan fingerprint density at radius 2 is 1.20 bits per heavy atom. The highest BCUT2D eigenvalue weighted by atomic mass is 32.2. The molecule has 0 aliphatic rings.